The van der Waals surface area contributed by atoms with Crippen LogP contribution in [0.4, 0.5) is 0 Å². The summed E-state index contributed by atoms with van der Waals surface area (Å²) >= 11 is 1.51. The van der Waals surface area contributed by atoms with E-state index in [1.807, 2.05) is 81.4 Å². The van der Waals surface area contributed by atoms with E-state index in [-0.39, 0.29) is 11.0 Å². The molecule has 0 unspecified atom stereocenters. The van der Waals surface area contributed by atoms with Gasteiger partial charge in [-0.3, -0.25) is 4.79 Å². The molecule has 0 aliphatic rings. The summed E-state index contributed by atoms with van der Waals surface area (Å²) in [7, 11) is -2.16. The third-order valence-electron chi connectivity index (χ3n) is 5.28. The molecule has 0 aromatic heterocycles. The summed E-state index contributed by atoms with van der Waals surface area (Å²) in [4.78, 5) is 14.4. The normalized spacial score (nSPS) is 14.8. The van der Waals surface area contributed by atoms with Gasteiger partial charge in [0.1, 0.15) is 10.9 Å². The maximum absolute atomic E-state index is 13.4. The molecule has 2 aromatic carbocycles. The highest BCUT2D eigenvalue weighted by molar-refractivity contribution is 8.00. The first kappa shape index (κ1) is 24.7. The largest absolute Gasteiger partial charge is 0.459 e. The first-order valence-corrected chi connectivity index (χ1v) is 14.3. The van der Waals surface area contributed by atoms with Crippen LogP contribution in [0.1, 0.15) is 53.2 Å². The van der Waals surface area contributed by atoms with Crippen LogP contribution in [0.15, 0.2) is 65.6 Å². The molecule has 0 saturated heterocycles. The van der Waals surface area contributed by atoms with Gasteiger partial charge in [0.15, 0.2) is 8.32 Å². The van der Waals surface area contributed by atoms with E-state index in [4.69, 9.17) is 9.16 Å². The maximum atomic E-state index is 13.4. The van der Waals surface area contributed by atoms with Gasteiger partial charge in [0.05, 0.1) is 6.10 Å². The average molecular weight is 445 g/mol. The van der Waals surface area contributed by atoms with E-state index < -0.39 is 25.3 Å². The highest BCUT2D eigenvalue weighted by Gasteiger charge is 2.44. The third-order valence-corrected chi connectivity index (χ3v) is 11.0. The van der Waals surface area contributed by atoms with Gasteiger partial charge in [0.2, 0.25) is 0 Å². The molecular weight excluding hydrogens is 408 g/mol. The summed E-state index contributed by atoms with van der Waals surface area (Å²) in [6, 6.07) is 20.1. The zero-order valence-corrected chi connectivity index (χ0v) is 21.4. The van der Waals surface area contributed by atoms with Crippen LogP contribution in [0.5, 0.6) is 0 Å². The van der Waals surface area contributed by atoms with E-state index in [1.165, 1.54) is 11.8 Å². The molecule has 164 valence electrons. The van der Waals surface area contributed by atoms with Crippen molar-refractivity contribution < 1.29 is 14.0 Å². The number of hydrogen-bond acceptors (Lipinski definition) is 4. The minimum absolute atomic E-state index is 0.0237. The molecule has 2 atom stereocenters. The molecule has 0 N–H and O–H groups in total. The lowest BCUT2D eigenvalue weighted by molar-refractivity contribution is -0.156. The lowest BCUT2D eigenvalue weighted by Gasteiger charge is -2.41. The molecule has 30 heavy (non-hydrogen) atoms. The Morgan fingerprint density at radius 2 is 1.37 bits per heavy atom. The van der Waals surface area contributed by atoms with Gasteiger partial charge in [-0.05, 0) is 56.6 Å². The lowest BCUT2D eigenvalue weighted by atomic mass is 10.1. The van der Waals surface area contributed by atoms with Crippen LogP contribution < -0.4 is 0 Å². The van der Waals surface area contributed by atoms with Crippen LogP contribution in [-0.4, -0.2) is 25.1 Å². The number of benzene rings is 2. The van der Waals surface area contributed by atoms with Gasteiger partial charge in [0, 0.05) is 4.90 Å². The highest BCUT2D eigenvalue weighted by atomic mass is 32.2. The second-order valence-corrected chi connectivity index (χ2v) is 16.1. The van der Waals surface area contributed by atoms with Gasteiger partial charge in [-0.15, -0.1) is 11.8 Å². The van der Waals surface area contributed by atoms with Crippen molar-refractivity contribution >= 4 is 26.0 Å². The van der Waals surface area contributed by atoms with Crippen molar-refractivity contribution in [3.05, 3.63) is 66.2 Å². The van der Waals surface area contributed by atoms with E-state index in [1.54, 1.807) is 0 Å². The van der Waals surface area contributed by atoms with E-state index in [9.17, 15) is 4.79 Å². The first-order valence-electron chi connectivity index (χ1n) is 10.5. The van der Waals surface area contributed by atoms with Gasteiger partial charge >= 0.3 is 5.97 Å². The highest BCUT2D eigenvalue weighted by Crippen LogP contribution is 2.44. The molecule has 2 rings (SSSR count). The topological polar surface area (TPSA) is 35.5 Å². The van der Waals surface area contributed by atoms with Crippen LogP contribution in [0, 0.1) is 0 Å². The van der Waals surface area contributed by atoms with Crippen molar-refractivity contribution in [1.29, 1.82) is 0 Å². The second-order valence-electron chi connectivity index (χ2n) is 10.1. The molecule has 0 fully saturated rings. The number of esters is 1. The van der Waals surface area contributed by atoms with E-state index >= 15 is 0 Å². The zero-order chi connectivity index (χ0) is 22.6. The van der Waals surface area contributed by atoms with Crippen LogP contribution in [0.2, 0.25) is 18.1 Å². The summed E-state index contributed by atoms with van der Waals surface area (Å²) in [6.07, 6.45) is -0.396. The molecule has 0 radical (unpaired) electrons. The molecule has 2 aromatic rings. The molecule has 0 heterocycles. The summed E-state index contributed by atoms with van der Waals surface area (Å²) in [6.45, 7) is 16.8. The van der Waals surface area contributed by atoms with Gasteiger partial charge in [0.25, 0.3) is 0 Å². The summed E-state index contributed by atoms with van der Waals surface area (Å²) < 4.78 is 12.7. The van der Waals surface area contributed by atoms with Crippen LogP contribution in [0.25, 0.3) is 0 Å². The van der Waals surface area contributed by atoms with Crippen LogP contribution in [0.3, 0.4) is 0 Å². The van der Waals surface area contributed by atoms with Gasteiger partial charge in [-0.2, -0.15) is 0 Å². The Morgan fingerprint density at radius 1 is 0.867 bits per heavy atom. The quantitative estimate of drug-likeness (QED) is 0.256. The predicted octanol–water partition coefficient (Wildman–Crippen LogP) is 7.25. The fourth-order valence-corrected chi connectivity index (χ4v) is 5.13. The molecule has 0 bridgehead atoms. The molecule has 0 saturated carbocycles. The number of carbonyl (C=O) groups is 1. The molecule has 0 spiro atoms. The van der Waals surface area contributed by atoms with E-state index in [2.05, 4.69) is 33.9 Å². The Morgan fingerprint density at radius 3 is 1.83 bits per heavy atom. The van der Waals surface area contributed by atoms with Crippen molar-refractivity contribution in [2.75, 3.05) is 0 Å². The second kappa shape index (κ2) is 9.71. The molecule has 0 aliphatic carbocycles. The Bertz CT molecular complexity index is 808. The monoisotopic (exact) mass is 444 g/mol. The maximum Gasteiger partial charge on any atom is 0.322 e. The van der Waals surface area contributed by atoms with Crippen LogP contribution in [-0.2, 0) is 14.0 Å². The van der Waals surface area contributed by atoms with Crippen molar-refractivity contribution in [1.82, 2.24) is 0 Å². The number of ether oxygens (including phenoxy) is 1. The Balaban J connectivity index is 2.51. The zero-order valence-electron chi connectivity index (χ0n) is 19.6. The minimum atomic E-state index is -2.16. The third kappa shape index (κ3) is 7.00. The predicted molar refractivity (Wildman–Crippen MR) is 129 cm³/mol. The standard InChI is InChI=1S/C25H36O3SSi/c1-24(2,3)27-23(26)22(29-20-17-13-10-14-18-20)21(19-15-11-9-12-16-19)28-30(7,8)25(4,5)6/h9-18,21-22H,1-8H3/t21-,22-/m0/s1. The number of carbonyl (C=O) groups excluding carboxylic acids is 1. The van der Waals surface area contributed by atoms with Gasteiger partial charge in [-0.25, -0.2) is 0 Å². The minimum Gasteiger partial charge on any atom is -0.459 e. The molecular formula is C25H36O3SSi. The molecule has 0 amide bonds. The Kier molecular flexibility index (Phi) is 8.00. The fraction of sp³-hybridized carbons (Fsp3) is 0.480. The average Bonchev–Trinajstić information content (AvgIpc) is 2.63. The molecule has 5 heteroatoms. The Hall–Kier alpha value is -1.56. The van der Waals surface area contributed by atoms with E-state index in [0.29, 0.717) is 0 Å². The summed E-state index contributed by atoms with van der Waals surface area (Å²) in [5.74, 6) is -0.246. The number of rotatable bonds is 7. The fourth-order valence-electron chi connectivity index (χ4n) is 2.68. The smallest absolute Gasteiger partial charge is 0.322 e. The van der Waals surface area contributed by atoms with Crippen molar-refractivity contribution in [3.63, 3.8) is 0 Å². The molecule has 0 aliphatic heterocycles. The van der Waals surface area contributed by atoms with Crippen LogP contribution >= 0.6 is 11.8 Å². The SMILES string of the molecule is CC(C)(C)OC(=O)[C@@H](Sc1ccccc1)[C@@H](O[Si](C)(C)C(C)(C)C)c1ccccc1. The number of hydrogen-bond donors (Lipinski definition) is 0. The van der Waals surface area contributed by atoms with E-state index in [0.717, 1.165) is 10.5 Å². The summed E-state index contributed by atoms with van der Waals surface area (Å²) in [5, 5.41) is -0.487. The summed E-state index contributed by atoms with van der Waals surface area (Å²) in [5.41, 5.74) is 0.437. The van der Waals surface area contributed by atoms with Crippen molar-refractivity contribution in [2.45, 2.75) is 81.5 Å². The van der Waals surface area contributed by atoms with Crippen molar-refractivity contribution in [2.24, 2.45) is 0 Å². The molecule has 3 nitrogen and oxygen atoms in total. The van der Waals surface area contributed by atoms with Gasteiger partial charge < -0.3 is 9.16 Å². The van der Waals surface area contributed by atoms with Crippen molar-refractivity contribution in [3.8, 4) is 0 Å². The first-order chi connectivity index (χ1) is 13.8. The Labute approximate surface area is 187 Å². The lowest BCUT2D eigenvalue weighted by Crippen LogP contribution is -2.45. The number of thioether (sulfide) groups is 1. The van der Waals surface area contributed by atoms with Gasteiger partial charge in [-0.1, -0.05) is 69.3 Å².